The van der Waals surface area contributed by atoms with E-state index in [4.69, 9.17) is 9.47 Å². The average molecular weight is 380 g/mol. The number of amides is 2. The van der Waals surface area contributed by atoms with Gasteiger partial charge in [0, 0.05) is 29.8 Å². The summed E-state index contributed by atoms with van der Waals surface area (Å²) in [5.41, 5.74) is 2.35. The van der Waals surface area contributed by atoms with Crippen molar-refractivity contribution >= 4 is 17.5 Å². The molecule has 2 N–H and O–H groups in total. The number of hydrogen-bond donors (Lipinski definition) is 2. The van der Waals surface area contributed by atoms with Crippen LogP contribution in [-0.4, -0.2) is 37.7 Å². The summed E-state index contributed by atoms with van der Waals surface area (Å²) in [5.74, 6) is 0.715. The van der Waals surface area contributed by atoms with E-state index < -0.39 is 0 Å². The minimum atomic E-state index is -0.270. The molecule has 2 amide bonds. The van der Waals surface area contributed by atoms with Crippen LogP contribution in [-0.2, 0) is 9.53 Å². The molecule has 1 saturated heterocycles. The van der Waals surface area contributed by atoms with E-state index in [1.807, 2.05) is 24.3 Å². The Morgan fingerprint density at radius 2 is 1.89 bits per heavy atom. The third-order valence-electron chi connectivity index (χ3n) is 4.97. The second kappa shape index (κ2) is 8.44. The maximum atomic E-state index is 12.2. The third kappa shape index (κ3) is 4.89. The number of ether oxygens (including phenoxy) is 2. The van der Waals surface area contributed by atoms with Crippen LogP contribution in [0.15, 0.2) is 48.5 Å². The molecule has 6 heteroatoms. The quantitative estimate of drug-likeness (QED) is 0.774. The minimum absolute atomic E-state index is 0.0929. The molecule has 0 unspecified atom stereocenters. The number of nitrogens with one attached hydrogen (secondary N) is 2. The molecule has 146 valence electrons. The second-order valence-electron chi connectivity index (χ2n) is 7.29. The van der Waals surface area contributed by atoms with Gasteiger partial charge in [-0.2, -0.15) is 0 Å². The molecule has 2 aromatic carbocycles. The van der Waals surface area contributed by atoms with E-state index in [1.165, 1.54) is 5.56 Å². The Balaban J connectivity index is 1.27. The van der Waals surface area contributed by atoms with Gasteiger partial charge in [-0.1, -0.05) is 18.2 Å². The van der Waals surface area contributed by atoms with Crippen molar-refractivity contribution in [3.05, 3.63) is 59.7 Å². The highest BCUT2D eigenvalue weighted by atomic mass is 16.5. The van der Waals surface area contributed by atoms with Gasteiger partial charge in [0.15, 0.2) is 6.61 Å². The highest BCUT2D eigenvalue weighted by molar-refractivity contribution is 5.97. The Morgan fingerprint density at radius 3 is 2.61 bits per heavy atom. The van der Waals surface area contributed by atoms with Gasteiger partial charge in [0.05, 0.1) is 6.61 Å². The molecule has 28 heavy (non-hydrogen) atoms. The first-order valence-electron chi connectivity index (χ1n) is 9.69. The van der Waals surface area contributed by atoms with Gasteiger partial charge in [-0.05, 0) is 55.2 Å². The Kier molecular flexibility index (Phi) is 5.58. The molecule has 1 heterocycles. The molecule has 1 atom stereocenters. The third-order valence-corrected chi connectivity index (χ3v) is 4.97. The fourth-order valence-electron chi connectivity index (χ4n) is 3.21. The van der Waals surface area contributed by atoms with Crippen molar-refractivity contribution in [2.24, 2.45) is 0 Å². The summed E-state index contributed by atoms with van der Waals surface area (Å²) in [6.07, 6.45) is 3.12. The fourth-order valence-corrected chi connectivity index (χ4v) is 3.21. The maximum Gasteiger partial charge on any atom is 0.262 e. The van der Waals surface area contributed by atoms with Gasteiger partial charge in [-0.15, -0.1) is 0 Å². The lowest BCUT2D eigenvalue weighted by atomic mass is 9.99. The molecular formula is C22H24N2O4. The predicted molar refractivity (Wildman–Crippen MR) is 106 cm³/mol. The lowest BCUT2D eigenvalue weighted by molar-refractivity contribution is -0.118. The van der Waals surface area contributed by atoms with Crippen LogP contribution < -0.4 is 15.4 Å². The number of hydrogen-bond acceptors (Lipinski definition) is 4. The number of rotatable bonds is 7. The van der Waals surface area contributed by atoms with Crippen molar-refractivity contribution < 1.29 is 19.1 Å². The first kappa shape index (κ1) is 18.5. The Hall–Kier alpha value is -2.86. The van der Waals surface area contributed by atoms with Crippen LogP contribution in [0, 0.1) is 0 Å². The molecule has 2 fully saturated rings. The van der Waals surface area contributed by atoms with E-state index in [2.05, 4.69) is 10.6 Å². The molecule has 0 spiro atoms. The van der Waals surface area contributed by atoms with E-state index in [9.17, 15) is 9.59 Å². The summed E-state index contributed by atoms with van der Waals surface area (Å²) in [4.78, 5) is 24.3. The van der Waals surface area contributed by atoms with Gasteiger partial charge in [0.2, 0.25) is 0 Å². The molecule has 4 rings (SSSR count). The van der Waals surface area contributed by atoms with Crippen LogP contribution in [0.3, 0.4) is 0 Å². The van der Waals surface area contributed by atoms with Gasteiger partial charge < -0.3 is 20.1 Å². The average Bonchev–Trinajstić information content (AvgIpc) is 3.35. The molecule has 2 aromatic rings. The van der Waals surface area contributed by atoms with Crippen LogP contribution in [0.4, 0.5) is 5.69 Å². The zero-order valence-electron chi connectivity index (χ0n) is 15.6. The normalized spacial score (nSPS) is 18.5. The highest BCUT2D eigenvalue weighted by Gasteiger charge is 2.23. The lowest BCUT2D eigenvalue weighted by Gasteiger charge is -2.11. The first-order chi connectivity index (χ1) is 13.7. The van der Waals surface area contributed by atoms with Crippen molar-refractivity contribution in [2.75, 3.05) is 25.1 Å². The summed E-state index contributed by atoms with van der Waals surface area (Å²) in [7, 11) is 0. The molecule has 2 aliphatic rings. The lowest BCUT2D eigenvalue weighted by Crippen LogP contribution is -2.25. The second-order valence-corrected chi connectivity index (χ2v) is 7.29. The smallest absolute Gasteiger partial charge is 0.262 e. The van der Waals surface area contributed by atoms with E-state index in [0.717, 1.165) is 32.5 Å². The van der Waals surface area contributed by atoms with Crippen molar-refractivity contribution in [3.63, 3.8) is 0 Å². The van der Waals surface area contributed by atoms with E-state index in [0.29, 0.717) is 29.0 Å². The molecule has 0 aromatic heterocycles. The Bertz CT molecular complexity index is 840. The van der Waals surface area contributed by atoms with Crippen LogP contribution in [0.5, 0.6) is 5.75 Å². The summed E-state index contributed by atoms with van der Waals surface area (Å²) in [6.45, 7) is 1.48. The molecule has 0 bridgehead atoms. The van der Waals surface area contributed by atoms with Gasteiger partial charge >= 0.3 is 0 Å². The Labute approximate surface area is 164 Å². The zero-order chi connectivity index (χ0) is 19.3. The van der Waals surface area contributed by atoms with Crippen LogP contribution in [0.1, 0.15) is 41.1 Å². The standard InChI is InChI=1S/C22H24N2O4/c25-21(14-28-20-8-4-15(5-9-20)17-10-11-27-13-17)23-19-3-1-2-16(12-19)22(26)24-18-6-7-18/h1-5,8-9,12,17-18H,6-7,10-11,13-14H2,(H,23,25)(H,24,26)/t17-/m1/s1. The molecule has 0 radical (unpaired) electrons. The van der Waals surface area contributed by atoms with Crippen molar-refractivity contribution in [1.82, 2.24) is 5.32 Å². The molecule has 6 nitrogen and oxygen atoms in total. The Morgan fingerprint density at radius 1 is 1.07 bits per heavy atom. The van der Waals surface area contributed by atoms with E-state index in [1.54, 1.807) is 24.3 Å². The maximum absolute atomic E-state index is 12.2. The number of anilines is 1. The number of carbonyl (C=O) groups excluding carboxylic acids is 2. The number of carbonyl (C=O) groups is 2. The largest absolute Gasteiger partial charge is 0.484 e. The minimum Gasteiger partial charge on any atom is -0.484 e. The number of benzene rings is 2. The molecule has 1 saturated carbocycles. The summed E-state index contributed by atoms with van der Waals surface area (Å²) < 4.78 is 11.0. The zero-order valence-corrected chi connectivity index (χ0v) is 15.6. The van der Waals surface area contributed by atoms with E-state index >= 15 is 0 Å². The molecular weight excluding hydrogens is 356 g/mol. The summed E-state index contributed by atoms with van der Waals surface area (Å²) in [6, 6.07) is 15.0. The van der Waals surface area contributed by atoms with Gasteiger partial charge in [0.1, 0.15) is 5.75 Å². The van der Waals surface area contributed by atoms with Crippen LogP contribution >= 0.6 is 0 Å². The predicted octanol–water partition coefficient (Wildman–Crippen LogP) is 3.10. The molecule has 1 aliphatic heterocycles. The van der Waals surface area contributed by atoms with Crippen LogP contribution in [0.2, 0.25) is 0 Å². The highest BCUT2D eigenvalue weighted by Crippen LogP contribution is 2.26. The SMILES string of the molecule is O=C(COc1ccc([C@@H]2CCOC2)cc1)Nc1cccc(C(=O)NC2CC2)c1. The topological polar surface area (TPSA) is 76.7 Å². The van der Waals surface area contributed by atoms with Gasteiger partial charge in [-0.25, -0.2) is 0 Å². The summed E-state index contributed by atoms with van der Waals surface area (Å²) in [5, 5.41) is 5.71. The fraction of sp³-hybridized carbons (Fsp3) is 0.364. The van der Waals surface area contributed by atoms with E-state index in [-0.39, 0.29) is 18.4 Å². The molecule has 1 aliphatic carbocycles. The van der Waals surface area contributed by atoms with Crippen molar-refractivity contribution in [2.45, 2.75) is 31.2 Å². The van der Waals surface area contributed by atoms with Gasteiger partial charge in [0.25, 0.3) is 11.8 Å². The summed E-state index contributed by atoms with van der Waals surface area (Å²) >= 11 is 0. The van der Waals surface area contributed by atoms with Crippen molar-refractivity contribution in [3.8, 4) is 5.75 Å². The van der Waals surface area contributed by atoms with Crippen LogP contribution in [0.25, 0.3) is 0 Å². The van der Waals surface area contributed by atoms with Crippen molar-refractivity contribution in [1.29, 1.82) is 0 Å². The van der Waals surface area contributed by atoms with Gasteiger partial charge in [-0.3, -0.25) is 9.59 Å². The first-order valence-corrected chi connectivity index (χ1v) is 9.69. The monoisotopic (exact) mass is 380 g/mol.